The summed E-state index contributed by atoms with van der Waals surface area (Å²) in [5.74, 6) is -7.95. The minimum absolute atomic E-state index is 0.0876. The second kappa shape index (κ2) is 7.36. The zero-order chi connectivity index (χ0) is 25.7. The highest BCUT2D eigenvalue weighted by molar-refractivity contribution is 6.53. The molecule has 186 valence electrons. The van der Waals surface area contributed by atoms with Crippen molar-refractivity contribution >= 4 is 46.8 Å². The SMILES string of the molecule is CN1C(=O)C2(Cl)CC3C(=CCC4C(=O)NC(=O)C43)C(c3cc(OC(F)(F)F)ccc3O)C2(Cl)C1=O. The summed E-state index contributed by atoms with van der Waals surface area (Å²) in [5, 5.41) is 12.9. The average Bonchev–Trinajstić information content (AvgIpc) is 3.12. The van der Waals surface area contributed by atoms with Crippen LogP contribution < -0.4 is 10.1 Å². The molecule has 1 aromatic rings. The summed E-state index contributed by atoms with van der Waals surface area (Å²) in [6.07, 6.45) is -3.64. The highest BCUT2D eigenvalue weighted by Gasteiger charge is 2.75. The van der Waals surface area contributed by atoms with E-state index in [1.165, 1.54) is 7.05 Å². The van der Waals surface area contributed by atoms with Gasteiger partial charge in [0.15, 0.2) is 9.75 Å². The minimum atomic E-state index is -5.04. The molecule has 0 aromatic heterocycles. The molecule has 2 saturated heterocycles. The van der Waals surface area contributed by atoms with Gasteiger partial charge in [-0.25, -0.2) is 0 Å². The van der Waals surface area contributed by atoms with Crippen molar-refractivity contribution in [2.75, 3.05) is 7.05 Å². The monoisotopic (exact) mass is 532 g/mol. The molecule has 5 rings (SSSR count). The van der Waals surface area contributed by atoms with E-state index in [9.17, 15) is 37.5 Å². The van der Waals surface area contributed by atoms with Crippen molar-refractivity contribution in [1.82, 2.24) is 10.2 Å². The molecule has 1 aromatic carbocycles. The number of phenolic OH excluding ortho intramolecular Hbond substituents is 1. The molecular weight excluding hydrogens is 516 g/mol. The van der Waals surface area contributed by atoms with E-state index in [0.717, 1.165) is 23.1 Å². The Morgan fingerprint density at radius 1 is 1.11 bits per heavy atom. The maximum Gasteiger partial charge on any atom is 0.573 e. The first-order chi connectivity index (χ1) is 16.2. The second-order valence-electron chi connectivity index (χ2n) is 9.12. The Bertz CT molecular complexity index is 1240. The number of hydrogen-bond donors (Lipinski definition) is 2. The molecule has 4 aliphatic rings. The van der Waals surface area contributed by atoms with Gasteiger partial charge in [0.05, 0.1) is 11.8 Å². The summed E-state index contributed by atoms with van der Waals surface area (Å²) in [5.41, 5.74) is 0.0978. The summed E-state index contributed by atoms with van der Waals surface area (Å²) in [6, 6.07) is 2.70. The van der Waals surface area contributed by atoms with Crippen molar-refractivity contribution in [1.29, 1.82) is 0 Å². The third kappa shape index (κ3) is 3.13. The molecule has 3 fully saturated rings. The highest BCUT2D eigenvalue weighted by Crippen LogP contribution is 2.65. The first-order valence-electron chi connectivity index (χ1n) is 10.5. The number of halogens is 5. The van der Waals surface area contributed by atoms with Crippen LogP contribution in [0.15, 0.2) is 29.8 Å². The van der Waals surface area contributed by atoms with Crippen LogP contribution in [-0.4, -0.2) is 56.8 Å². The third-order valence-electron chi connectivity index (χ3n) is 7.40. The topological polar surface area (TPSA) is 113 Å². The van der Waals surface area contributed by atoms with Crippen molar-refractivity contribution in [3.8, 4) is 11.5 Å². The number of benzene rings is 1. The Morgan fingerprint density at radius 2 is 1.80 bits per heavy atom. The van der Waals surface area contributed by atoms with Crippen molar-refractivity contribution in [2.24, 2.45) is 17.8 Å². The number of imide groups is 2. The van der Waals surface area contributed by atoms with Gasteiger partial charge in [0.1, 0.15) is 11.5 Å². The summed E-state index contributed by atoms with van der Waals surface area (Å²) in [7, 11) is 1.17. The first kappa shape index (κ1) is 23.9. The number of aromatic hydroxyl groups is 1. The van der Waals surface area contributed by atoms with Crippen LogP contribution in [-0.2, 0) is 19.2 Å². The van der Waals surface area contributed by atoms with Gasteiger partial charge in [0, 0.05) is 18.5 Å². The number of amides is 4. The van der Waals surface area contributed by atoms with Crippen molar-refractivity contribution in [3.05, 3.63) is 35.4 Å². The molecule has 2 N–H and O–H groups in total. The van der Waals surface area contributed by atoms with E-state index in [4.69, 9.17) is 23.2 Å². The fraction of sp³-hybridized carbons (Fsp3) is 0.455. The van der Waals surface area contributed by atoms with Crippen molar-refractivity contribution in [3.63, 3.8) is 0 Å². The number of phenols is 1. The molecule has 2 heterocycles. The van der Waals surface area contributed by atoms with Crippen LogP contribution in [0.2, 0.25) is 0 Å². The van der Waals surface area contributed by atoms with Gasteiger partial charge in [-0.1, -0.05) is 11.6 Å². The molecule has 0 bridgehead atoms. The van der Waals surface area contributed by atoms with E-state index in [2.05, 4.69) is 10.1 Å². The predicted octanol–water partition coefficient (Wildman–Crippen LogP) is 2.57. The van der Waals surface area contributed by atoms with Crippen LogP contribution in [0.4, 0.5) is 13.2 Å². The lowest BCUT2D eigenvalue weighted by atomic mass is 9.56. The number of rotatable bonds is 2. The molecule has 8 nitrogen and oxygen atoms in total. The van der Waals surface area contributed by atoms with Crippen molar-refractivity contribution in [2.45, 2.75) is 34.9 Å². The lowest BCUT2D eigenvalue weighted by molar-refractivity contribution is -0.274. The number of nitrogens with zero attached hydrogens (tertiary/aromatic N) is 1. The Kier molecular flexibility index (Phi) is 5.03. The lowest BCUT2D eigenvalue weighted by Crippen LogP contribution is -2.60. The number of fused-ring (bicyclic) bond motifs is 4. The van der Waals surface area contributed by atoms with Gasteiger partial charge in [-0.15, -0.1) is 36.4 Å². The number of likely N-dealkylation sites (tertiary alicyclic amines) is 1. The average molecular weight is 533 g/mol. The highest BCUT2D eigenvalue weighted by atomic mass is 35.5. The number of allylic oxidation sites excluding steroid dienone is 2. The number of carbonyl (C=O) groups excluding carboxylic acids is 4. The normalized spacial score (nSPS) is 36.4. The number of ether oxygens (including phenoxy) is 1. The molecule has 2 aliphatic heterocycles. The fourth-order valence-electron chi connectivity index (χ4n) is 5.96. The van der Waals surface area contributed by atoms with Crippen LogP contribution >= 0.6 is 23.2 Å². The third-order valence-corrected chi connectivity index (χ3v) is 8.81. The quantitative estimate of drug-likeness (QED) is 0.344. The molecule has 0 spiro atoms. The van der Waals surface area contributed by atoms with E-state index in [1.807, 2.05) is 0 Å². The maximum absolute atomic E-state index is 13.3. The number of carbonyl (C=O) groups is 4. The van der Waals surface area contributed by atoms with Gasteiger partial charge in [-0.3, -0.25) is 29.4 Å². The van der Waals surface area contributed by atoms with Crippen LogP contribution in [0.3, 0.4) is 0 Å². The Hall–Kier alpha value is -2.79. The predicted molar refractivity (Wildman–Crippen MR) is 113 cm³/mol. The smallest absolute Gasteiger partial charge is 0.508 e. The van der Waals surface area contributed by atoms with Crippen LogP contribution in [0.1, 0.15) is 24.3 Å². The molecule has 4 amide bonds. The van der Waals surface area contributed by atoms with Gasteiger partial charge in [-0.05, 0) is 37.0 Å². The standard InChI is InChI=1S/C22H17Cl2F3N2O6/c1-29-18(33)20(23)7-12-9(3-4-10-14(12)17(32)28-16(10)31)15(21(20,24)19(29)34)11-6-8(2-5-13(11)30)35-22(25,26)27/h2-3,5-6,10,12,14-15,30H,4,7H2,1H3,(H,28,31,32). The van der Waals surface area contributed by atoms with Crippen LogP contribution in [0.25, 0.3) is 0 Å². The van der Waals surface area contributed by atoms with E-state index in [0.29, 0.717) is 5.57 Å². The molecule has 13 heteroatoms. The Balaban J connectivity index is 1.75. The van der Waals surface area contributed by atoms with Gasteiger partial charge < -0.3 is 9.84 Å². The lowest BCUT2D eigenvalue weighted by Gasteiger charge is -2.50. The Morgan fingerprint density at radius 3 is 2.46 bits per heavy atom. The summed E-state index contributed by atoms with van der Waals surface area (Å²) >= 11 is 13.7. The minimum Gasteiger partial charge on any atom is -0.508 e. The molecule has 6 atom stereocenters. The van der Waals surface area contributed by atoms with E-state index in [-0.39, 0.29) is 18.4 Å². The molecule has 2 aliphatic carbocycles. The summed E-state index contributed by atoms with van der Waals surface area (Å²) in [4.78, 5) is 47.9. The van der Waals surface area contributed by atoms with E-state index < -0.39 is 74.9 Å². The van der Waals surface area contributed by atoms with E-state index in [1.54, 1.807) is 6.08 Å². The van der Waals surface area contributed by atoms with Gasteiger partial charge in [0.25, 0.3) is 11.8 Å². The summed E-state index contributed by atoms with van der Waals surface area (Å²) < 4.78 is 42.7. The van der Waals surface area contributed by atoms with Gasteiger partial charge >= 0.3 is 6.36 Å². The molecular formula is C22H17Cl2F3N2O6. The van der Waals surface area contributed by atoms with Crippen LogP contribution in [0, 0.1) is 17.8 Å². The van der Waals surface area contributed by atoms with Gasteiger partial charge in [0.2, 0.25) is 11.8 Å². The number of alkyl halides is 5. The second-order valence-corrected chi connectivity index (χ2v) is 10.4. The van der Waals surface area contributed by atoms with Gasteiger partial charge in [-0.2, -0.15) is 0 Å². The fourth-order valence-corrected chi connectivity index (χ4v) is 6.97. The number of nitrogens with one attached hydrogen (secondary N) is 1. The molecule has 1 saturated carbocycles. The maximum atomic E-state index is 13.3. The molecule has 6 unspecified atom stereocenters. The molecule has 35 heavy (non-hydrogen) atoms. The molecule has 0 radical (unpaired) electrons. The Labute approximate surface area is 206 Å². The van der Waals surface area contributed by atoms with Crippen molar-refractivity contribution < 1.29 is 42.2 Å². The zero-order valence-electron chi connectivity index (χ0n) is 17.9. The largest absolute Gasteiger partial charge is 0.573 e. The number of hydrogen-bond acceptors (Lipinski definition) is 6. The van der Waals surface area contributed by atoms with Crippen LogP contribution in [0.5, 0.6) is 11.5 Å². The van der Waals surface area contributed by atoms with E-state index >= 15 is 0 Å². The summed E-state index contributed by atoms with van der Waals surface area (Å²) in [6.45, 7) is 0. The first-order valence-corrected chi connectivity index (χ1v) is 11.3. The zero-order valence-corrected chi connectivity index (χ0v) is 19.4.